The molecule has 2 amide bonds. The normalized spacial score (nSPS) is 16.7. The van der Waals surface area contributed by atoms with E-state index in [4.69, 9.17) is 5.73 Å². The third-order valence-corrected chi connectivity index (χ3v) is 7.53. The maximum absolute atomic E-state index is 12.7. The molecule has 0 fully saturated rings. The molecule has 0 saturated carbocycles. The summed E-state index contributed by atoms with van der Waals surface area (Å²) in [6.45, 7) is 4.68. The molecule has 0 aromatic heterocycles. The van der Waals surface area contributed by atoms with Crippen molar-refractivity contribution in [1.29, 1.82) is 0 Å². The van der Waals surface area contributed by atoms with Crippen LogP contribution in [0.4, 0.5) is 5.69 Å². The van der Waals surface area contributed by atoms with Crippen molar-refractivity contribution in [2.45, 2.75) is 37.8 Å². The first-order chi connectivity index (χ1) is 14.8. The first-order valence-electron chi connectivity index (χ1n) is 10.3. The molecule has 2 aromatic rings. The van der Waals surface area contributed by atoms with Crippen molar-refractivity contribution < 1.29 is 18.0 Å². The number of nitrogens with one attached hydrogen (secondary N) is 1. The van der Waals surface area contributed by atoms with Crippen molar-refractivity contribution in [3.05, 3.63) is 59.7 Å². The van der Waals surface area contributed by atoms with Gasteiger partial charge in [-0.25, -0.2) is 8.42 Å². The average Bonchev–Trinajstić information content (AvgIpc) is 2.74. The number of hydrogen-bond donors (Lipinski definition) is 2. The number of nitrogens with zero attached hydrogens (tertiary/aromatic N) is 2. The molecule has 1 atom stereocenters. The van der Waals surface area contributed by atoms with Gasteiger partial charge in [0.15, 0.2) is 0 Å². The number of amides is 2. The molecule has 1 unspecified atom stereocenters. The molecule has 0 saturated heterocycles. The predicted molar refractivity (Wildman–Crippen MR) is 119 cm³/mol. The number of fused-ring (bicyclic) bond motifs is 1. The number of hydrogen-bond acceptors (Lipinski definition) is 5. The molecule has 2 aromatic carbocycles. The van der Waals surface area contributed by atoms with Gasteiger partial charge in [0.05, 0.1) is 17.5 Å². The molecule has 166 valence electrons. The molecule has 8 nitrogen and oxygen atoms in total. The average molecular weight is 445 g/mol. The molecule has 1 heterocycles. The zero-order valence-corrected chi connectivity index (χ0v) is 18.6. The maximum Gasteiger partial charge on any atom is 0.243 e. The topological polar surface area (TPSA) is 113 Å². The maximum atomic E-state index is 12.7. The molecule has 0 spiro atoms. The van der Waals surface area contributed by atoms with Crippen LogP contribution in [0.3, 0.4) is 0 Å². The van der Waals surface area contributed by atoms with Gasteiger partial charge in [0, 0.05) is 25.3 Å². The highest BCUT2D eigenvalue weighted by Crippen LogP contribution is 2.24. The summed E-state index contributed by atoms with van der Waals surface area (Å²) in [6, 6.07) is 13.4. The number of benzene rings is 2. The van der Waals surface area contributed by atoms with E-state index in [-0.39, 0.29) is 17.3 Å². The van der Waals surface area contributed by atoms with Gasteiger partial charge in [-0.3, -0.25) is 14.5 Å². The minimum absolute atomic E-state index is 0.0328. The minimum Gasteiger partial charge on any atom is -0.368 e. The van der Waals surface area contributed by atoms with Gasteiger partial charge < -0.3 is 11.1 Å². The number of rotatable bonds is 8. The van der Waals surface area contributed by atoms with E-state index in [2.05, 4.69) is 5.32 Å². The number of primary amides is 1. The van der Waals surface area contributed by atoms with E-state index in [0.29, 0.717) is 31.7 Å². The highest BCUT2D eigenvalue weighted by molar-refractivity contribution is 7.89. The number of carbonyl (C=O) groups is 2. The van der Waals surface area contributed by atoms with Gasteiger partial charge in [-0.05, 0) is 35.7 Å². The lowest BCUT2D eigenvalue weighted by atomic mass is 9.93. The first-order valence-corrected chi connectivity index (χ1v) is 11.7. The van der Waals surface area contributed by atoms with Crippen LogP contribution in [0.5, 0.6) is 0 Å². The second-order valence-corrected chi connectivity index (χ2v) is 9.40. The minimum atomic E-state index is -3.63. The summed E-state index contributed by atoms with van der Waals surface area (Å²) in [5, 5.41) is 2.74. The summed E-state index contributed by atoms with van der Waals surface area (Å²) < 4.78 is 26.8. The van der Waals surface area contributed by atoms with Crippen LogP contribution in [0, 0.1) is 0 Å². The summed E-state index contributed by atoms with van der Waals surface area (Å²) in [7, 11) is -3.63. The van der Waals surface area contributed by atoms with Crippen LogP contribution in [-0.4, -0.2) is 55.1 Å². The van der Waals surface area contributed by atoms with E-state index >= 15 is 0 Å². The van der Waals surface area contributed by atoms with Crippen molar-refractivity contribution in [2.24, 2.45) is 5.73 Å². The Balaban J connectivity index is 1.74. The Labute approximate surface area is 183 Å². The Morgan fingerprint density at radius 2 is 1.77 bits per heavy atom. The van der Waals surface area contributed by atoms with E-state index in [1.807, 2.05) is 24.3 Å². The fourth-order valence-corrected chi connectivity index (χ4v) is 5.36. The zero-order valence-electron chi connectivity index (χ0n) is 17.7. The Bertz CT molecular complexity index is 1070. The first kappa shape index (κ1) is 22.9. The molecular formula is C22H28N4O4S. The van der Waals surface area contributed by atoms with Gasteiger partial charge in [0.25, 0.3) is 0 Å². The molecule has 31 heavy (non-hydrogen) atoms. The third kappa shape index (κ3) is 5.12. The summed E-state index contributed by atoms with van der Waals surface area (Å²) in [4.78, 5) is 26.5. The fraction of sp³-hybridized carbons (Fsp3) is 0.364. The van der Waals surface area contributed by atoms with Crippen molar-refractivity contribution in [3.63, 3.8) is 0 Å². The molecule has 0 bridgehead atoms. The molecular weight excluding hydrogens is 416 g/mol. The second kappa shape index (κ2) is 9.59. The van der Waals surface area contributed by atoms with Crippen molar-refractivity contribution >= 4 is 27.5 Å². The molecule has 9 heteroatoms. The highest BCUT2D eigenvalue weighted by atomic mass is 32.2. The quantitative estimate of drug-likeness (QED) is 0.642. The predicted octanol–water partition coefficient (Wildman–Crippen LogP) is 1.57. The Morgan fingerprint density at radius 3 is 2.42 bits per heavy atom. The largest absolute Gasteiger partial charge is 0.368 e. The monoisotopic (exact) mass is 444 g/mol. The van der Waals surface area contributed by atoms with E-state index in [0.717, 1.165) is 11.1 Å². The summed E-state index contributed by atoms with van der Waals surface area (Å²) in [6.07, 6.45) is 0.455. The van der Waals surface area contributed by atoms with Gasteiger partial charge >= 0.3 is 0 Å². The third-order valence-electron chi connectivity index (χ3n) is 5.48. The lowest BCUT2D eigenvalue weighted by Gasteiger charge is -2.34. The van der Waals surface area contributed by atoms with Gasteiger partial charge in [-0.2, -0.15) is 4.31 Å². The molecule has 1 aliphatic rings. The standard InChI is InChI=1S/C22H28N4O4S/c1-3-26(4-2)31(29,30)19-11-7-10-18(13-19)24-21(27)15-25-14-17-9-6-5-8-16(17)12-20(25)22(23)28/h5-11,13,20H,3-4,12,14-15H2,1-2H3,(H2,23,28)(H,24,27). The smallest absolute Gasteiger partial charge is 0.243 e. The van der Waals surface area contributed by atoms with E-state index in [1.165, 1.54) is 16.4 Å². The van der Waals surface area contributed by atoms with Crippen LogP contribution in [0.25, 0.3) is 0 Å². The summed E-state index contributed by atoms with van der Waals surface area (Å²) in [5.74, 6) is -0.822. The highest BCUT2D eigenvalue weighted by Gasteiger charge is 2.31. The summed E-state index contributed by atoms with van der Waals surface area (Å²) >= 11 is 0. The SMILES string of the molecule is CCN(CC)S(=O)(=O)c1cccc(NC(=O)CN2Cc3ccccc3CC2C(N)=O)c1. The van der Waals surface area contributed by atoms with E-state index in [1.54, 1.807) is 30.9 Å². The Kier molecular flexibility index (Phi) is 7.09. The van der Waals surface area contributed by atoms with Crippen LogP contribution >= 0.6 is 0 Å². The zero-order chi connectivity index (χ0) is 22.6. The molecule has 0 aliphatic carbocycles. The second-order valence-electron chi connectivity index (χ2n) is 7.46. The summed E-state index contributed by atoms with van der Waals surface area (Å²) in [5.41, 5.74) is 8.07. The number of sulfonamides is 1. The van der Waals surface area contributed by atoms with Crippen molar-refractivity contribution in [3.8, 4) is 0 Å². The van der Waals surface area contributed by atoms with Gasteiger partial charge in [0.2, 0.25) is 21.8 Å². The molecule has 0 radical (unpaired) electrons. The van der Waals surface area contributed by atoms with Crippen LogP contribution in [-0.2, 0) is 32.6 Å². The van der Waals surface area contributed by atoms with E-state index in [9.17, 15) is 18.0 Å². The molecule has 3 rings (SSSR count). The van der Waals surface area contributed by atoms with Gasteiger partial charge in [-0.15, -0.1) is 0 Å². The van der Waals surface area contributed by atoms with Gasteiger partial charge in [-0.1, -0.05) is 44.2 Å². The van der Waals surface area contributed by atoms with Crippen LogP contribution in [0.1, 0.15) is 25.0 Å². The molecule has 3 N–H and O–H groups in total. The lowest BCUT2D eigenvalue weighted by molar-refractivity contribution is -0.125. The Morgan fingerprint density at radius 1 is 1.10 bits per heavy atom. The van der Waals surface area contributed by atoms with Crippen LogP contribution in [0.15, 0.2) is 53.4 Å². The number of anilines is 1. The van der Waals surface area contributed by atoms with Crippen molar-refractivity contribution in [2.75, 3.05) is 25.0 Å². The lowest BCUT2D eigenvalue weighted by Crippen LogP contribution is -2.50. The van der Waals surface area contributed by atoms with E-state index < -0.39 is 22.0 Å². The van der Waals surface area contributed by atoms with Crippen LogP contribution < -0.4 is 11.1 Å². The van der Waals surface area contributed by atoms with Crippen LogP contribution in [0.2, 0.25) is 0 Å². The fourth-order valence-electron chi connectivity index (χ4n) is 3.86. The number of nitrogens with two attached hydrogens (primary N) is 1. The number of carbonyl (C=O) groups excluding carboxylic acids is 2. The molecule has 1 aliphatic heterocycles. The Hall–Kier alpha value is -2.75. The van der Waals surface area contributed by atoms with Gasteiger partial charge in [0.1, 0.15) is 0 Å². The van der Waals surface area contributed by atoms with Crippen molar-refractivity contribution in [1.82, 2.24) is 9.21 Å².